The molecular formula is C30H22Cl2N4O3. The lowest BCUT2D eigenvalue weighted by Gasteiger charge is -2.12. The summed E-state index contributed by atoms with van der Waals surface area (Å²) in [6.07, 6.45) is 1.47. The third-order valence-electron chi connectivity index (χ3n) is 5.81. The number of hydrogen-bond donors (Lipinski definition) is 1. The van der Waals surface area contributed by atoms with Gasteiger partial charge >= 0.3 is 0 Å². The number of rotatable bonds is 7. The molecule has 1 amide bonds. The smallest absolute Gasteiger partial charge is 0.282 e. The van der Waals surface area contributed by atoms with Crippen molar-refractivity contribution >= 4 is 51.9 Å². The molecule has 39 heavy (non-hydrogen) atoms. The van der Waals surface area contributed by atoms with E-state index in [4.69, 9.17) is 27.9 Å². The molecule has 0 atom stereocenters. The molecule has 0 fully saturated rings. The number of fused-ring (bicyclic) bond motifs is 1. The molecule has 0 radical (unpaired) electrons. The highest BCUT2D eigenvalue weighted by Crippen LogP contribution is 2.34. The third-order valence-corrected chi connectivity index (χ3v) is 6.37. The lowest BCUT2D eigenvalue weighted by molar-refractivity contribution is -0.118. The van der Waals surface area contributed by atoms with Gasteiger partial charge < -0.3 is 10.1 Å². The molecule has 5 aromatic rings. The molecule has 1 heterocycles. The number of nitrogens with one attached hydrogen (secondary N) is 1. The van der Waals surface area contributed by atoms with Crippen molar-refractivity contribution in [3.63, 3.8) is 0 Å². The molecule has 7 nitrogen and oxygen atoms in total. The van der Waals surface area contributed by atoms with Crippen molar-refractivity contribution in [1.82, 2.24) is 9.66 Å². The van der Waals surface area contributed by atoms with Gasteiger partial charge in [-0.15, -0.1) is 0 Å². The predicted octanol–water partition coefficient (Wildman–Crippen LogP) is 6.58. The minimum absolute atomic E-state index is 0.170. The molecule has 0 bridgehead atoms. The van der Waals surface area contributed by atoms with E-state index in [1.807, 2.05) is 55.5 Å². The number of nitrogens with zero attached hydrogens (tertiary/aromatic N) is 3. The summed E-state index contributed by atoms with van der Waals surface area (Å²) in [6.45, 7) is 1.69. The highest BCUT2D eigenvalue weighted by molar-refractivity contribution is 6.37. The van der Waals surface area contributed by atoms with E-state index < -0.39 is 0 Å². The van der Waals surface area contributed by atoms with Crippen LogP contribution in [0.15, 0.2) is 101 Å². The second-order valence-corrected chi connectivity index (χ2v) is 9.51. The van der Waals surface area contributed by atoms with Crippen LogP contribution in [0.3, 0.4) is 0 Å². The Labute approximate surface area is 234 Å². The lowest BCUT2D eigenvalue weighted by atomic mass is 10.2. The summed E-state index contributed by atoms with van der Waals surface area (Å²) < 4.78 is 6.85. The Morgan fingerprint density at radius 2 is 1.64 bits per heavy atom. The maximum Gasteiger partial charge on any atom is 0.282 e. The molecule has 0 saturated carbocycles. The SMILES string of the molecule is Cc1ccc(NC(=O)COc2c(Cl)cc(C=Nn3c(-c4ccccc4)nc4ccccc4c3=O)cc2Cl)cc1. The van der Waals surface area contributed by atoms with Gasteiger partial charge in [-0.1, -0.05) is 83.4 Å². The van der Waals surface area contributed by atoms with Crippen LogP contribution in [-0.2, 0) is 4.79 Å². The second-order valence-electron chi connectivity index (χ2n) is 8.70. The van der Waals surface area contributed by atoms with Crippen molar-refractivity contribution in [2.75, 3.05) is 11.9 Å². The summed E-state index contributed by atoms with van der Waals surface area (Å²) in [4.78, 5) is 30.3. The predicted molar refractivity (Wildman–Crippen MR) is 156 cm³/mol. The van der Waals surface area contributed by atoms with Crippen LogP contribution < -0.4 is 15.6 Å². The average Bonchev–Trinajstić information content (AvgIpc) is 2.94. The van der Waals surface area contributed by atoms with E-state index in [2.05, 4.69) is 15.4 Å². The van der Waals surface area contributed by atoms with Crippen molar-refractivity contribution in [2.45, 2.75) is 6.92 Å². The number of halogens is 2. The van der Waals surface area contributed by atoms with Gasteiger partial charge in [-0.3, -0.25) is 9.59 Å². The number of anilines is 1. The zero-order chi connectivity index (χ0) is 27.4. The van der Waals surface area contributed by atoms with Gasteiger partial charge in [0.2, 0.25) is 0 Å². The molecule has 0 saturated heterocycles. The van der Waals surface area contributed by atoms with E-state index in [0.717, 1.165) is 11.1 Å². The van der Waals surface area contributed by atoms with Crippen LogP contribution in [0.4, 0.5) is 5.69 Å². The number of carbonyl (C=O) groups excluding carboxylic acids is 1. The van der Waals surface area contributed by atoms with E-state index in [1.165, 1.54) is 10.9 Å². The van der Waals surface area contributed by atoms with Gasteiger partial charge in [-0.2, -0.15) is 9.78 Å². The van der Waals surface area contributed by atoms with Crippen LogP contribution >= 0.6 is 23.2 Å². The van der Waals surface area contributed by atoms with Gasteiger partial charge in [0.25, 0.3) is 11.5 Å². The molecule has 4 aromatic carbocycles. The Morgan fingerprint density at radius 3 is 2.36 bits per heavy atom. The van der Waals surface area contributed by atoms with Crippen LogP contribution in [0.2, 0.25) is 10.0 Å². The maximum absolute atomic E-state index is 13.3. The Bertz CT molecular complexity index is 1730. The van der Waals surface area contributed by atoms with E-state index in [1.54, 1.807) is 42.5 Å². The first-order valence-corrected chi connectivity index (χ1v) is 12.7. The Balaban J connectivity index is 1.39. The molecule has 1 N–H and O–H groups in total. The van der Waals surface area contributed by atoms with E-state index >= 15 is 0 Å². The molecule has 9 heteroatoms. The van der Waals surface area contributed by atoms with Crippen molar-refractivity contribution in [3.8, 4) is 17.1 Å². The first-order valence-electron chi connectivity index (χ1n) is 12.0. The minimum atomic E-state index is -0.353. The molecule has 0 unspecified atom stereocenters. The van der Waals surface area contributed by atoms with Gasteiger partial charge in [-0.05, 0) is 48.9 Å². The molecule has 1 aromatic heterocycles. The maximum atomic E-state index is 13.3. The van der Waals surface area contributed by atoms with Gasteiger partial charge in [0.15, 0.2) is 18.2 Å². The van der Waals surface area contributed by atoms with Crippen molar-refractivity contribution in [3.05, 3.63) is 123 Å². The fraction of sp³-hybridized carbons (Fsp3) is 0.0667. The molecule has 0 aliphatic carbocycles. The van der Waals surface area contributed by atoms with Crippen LogP contribution in [0, 0.1) is 6.92 Å². The average molecular weight is 557 g/mol. The molecule has 0 spiro atoms. The molecule has 194 valence electrons. The van der Waals surface area contributed by atoms with Crippen LogP contribution in [0.25, 0.3) is 22.3 Å². The number of benzene rings is 4. The van der Waals surface area contributed by atoms with Crippen LogP contribution in [0.1, 0.15) is 11.1 Å². The number of ether oxygens (including phenoxy) is 1. The highest BCUT2D eigenvalue weighted by atomic mass is 35.5. The summed E-state index contributed by atoms with van der Waals surface area (Å²) in [5, 5.41) is 8.02. The van der Waals surface area contributed by atoms with Crippen LogP contribution in [0.5, 0.6) is 5.75 Å². The molecule has 0 aliphatic rings. The highest BCUT2D eigenvalue weighted by Gasteiger charge is 2.14. The fourth-order valence-corrected chi connectivity index (χ4v) is 4.51. The first kappa shape index (κ1) is 26.2. The van der Waals surface area contributed by atoms with E-state index in [9.17, 15) is 9.59 Å². The number of para-hydroxylation sites is 1. The molecular weight excluding hydrogens is 535 g/mol. The van der Waals surface area contributed by atoms with Crippen molar-refractivity contribution in [1.29, 1.82) is 0 Å². The Hall–Kier alpha value is -4.46. The first-order chi connectivity index (χ1) is 18.9. The second kappa shape index (κ2) is 11.5. The molecule has 5 rings (SSSR count). The van der Waals surface area contributed by atoms with Gasteiger partial charge in [0.1, 0.15) is 0 Å². The summed E-state index contributed by atoms with van der Waals surface area (Å²) >= 11 is 12.9. The van der Waals surface area contributed by atoms with E-state index in [-0.39, 0.29) is 33.9 Å². The number of aromatic nitrogens is 2. The summed E-state index contributed by atoms with van der Waals surface area (Å²) in [5.74, 6) is 0.213. The monoisotopic (exact) mass is 556 g/mol. The topological polar surface area (TPSA) is 85.6 Å². The third kappa shape index (κ3) is 6.00. The van der Waals surface area contributed by atoms with E-state index in [0.29, 0.717) is 28.0 Å². The Morgan fingerprint density at radius 1 is 0.974 bits per heavy atom. The number of carbonyl (C=O) groups is 1. The normalized spacial score (nSPS) is 11.2. The summed E-state index contributed by atoms with van der Waals surface area (Å²) in [5.41, 5.74) is 3.27. The quantitative estimate of drug-likeness (QED) is 0.229. The minimum Gasteiger partial charge on any atom is -0.481 e. The zero-order valence-corrected chi connectivity index (χ0v) is 22.3. The number of hydrogen-bond acceptors (Lipinski definition) is 5. The molecule has 0 aliphatic heterocycles. The Kier molecular flexibility index (Phi) is 7.72. The van der Waals surface area contributed by atoms with Gasteiger partial charge in [0, 0.05) is 11.3 Å². The van der Waals surface area contributed by atoms with Gasteiger partial charge in [-0.25, -0.2) is 4.98 Å². The van der Waals surface area contributed by atoms with Crippen LogP contribution in [-0.4, -0.2) is 28.4 Å². The largest absolute Gasteiger partial charge is 0.481 e. The van der Waals surface area contributed by atoms with Gasteiger partial charge in [0.05, 0.1) is 27.2 Å². The summed E-state index contributed by atoms with van der Waals surface area (Å²) in [7, 11) is 0. The lowest BCUT2D eigenvalue weighted by Crippen LogP contribution is -2.20. The number of aryl methyl sites for hydroxylation is 1. The number of amides is 1. The standard InChI is InChI=1S/C30H22Cl2N4O3/c1-19-11-13-22(14-12-19)34-27(37)18-39-28-24(31)15-20(16-25(28)32)17-33-36-29(21-7-3-2-4-8-21)35-26-10-6-5-9-23(26)30(36)38/h2-17H,18H2,1H3,(H,34,37). The van der Waals surface area contributed by atoms with Crippen molar-refractivity contribution in [2.24, 2.45) is 5.10 Å². The van der Waals surface area contributed by atoms with Crippen molar-refractivity contribution < 1.29 is 9.53 Å². The zero-order valence-electron chi connectivity index (χ0n) is 20.8. The fourth-order valence-electron chi connectivity index (χ4n) is 3.89. The summed E-state index contributed by atoms with van der Waals surface area (Å²) in [6, 6.07) is 27.0.